The van der Waals surface area contributed by atoms with E-state index in [2.05, 4.69) is 219 Å². The fourth-order valence-electron chi connectivity index (χ4n) is 9.94. The van der Waals surface area contributed by atoms with E-state index in [4.69, 9.17) is 9.97 Å². The molecule has 9 aromatic carbocycles. The summed E-state index contributed by atoms with van der Waals surface area (Å²) >= 11 is 0. The molecule has 0 fully saturated rings. The smallest absolute Gasteiger partial charge is 0.160 e. The topological polar surface area (TPSA) is 30.7 Å². The fourth-order valence-corrected chi connectivity index (χ4v) is 9.94. The lowest BCUT2D eigenvalue weighted by Crippen LogP contribution is -2.14. The van der Waals surface area contributed by atoms with Crippen LogP contribution >= 0.6 is 0 Å². The molecule has 0 saturated heterocycles. The minimum Gasteiger partial charge on any atom is -0.309 e. The van der Waals surface area contributed by atoms with Crippen LogP contribution in [0.25, 0.3) is 106 Å². The lowest BCUT2D eigenvalue weighted by Gasteiger charge is -2.22. The number of para-hydroxylation sites is 2. The van der Waals surface area contributed by atoms with E-state index in [1.807, 2.05) is 24.3 Å². The van der Waals surface area contributed by atoms with Crippen molar-refractivity contribution in [1.29, 1.82) is 0 Å². The molecule has 302 valence electrons. The molecule has 12 rings (SSSR count). The molecule has 0 bridgehead atoms. The zero-order valence-corrected chi connectivity index (χ0v) is 35.7. The molecule has 2 aromatic heterocycles. The number of rotatable bonds is 7. The first kappa shape index (κ1) is 37.6. The van der Waals surface area contributed by atoms with Gasteiger partial charge in [-0.3, -0.25) is 0 Å². The molecule has 0 atom stereocenters. The number of hydrogen-bond acceptors (Lipinski definition) is 2. The van der Waals surface area contributed by atoms with Crippen LogP contribution in [0.2, 0.25) is 0 Å². The molecule has 0 spiro atoms. The Morgan fingerprint density at radius 3 is 1.50 bits per heavy atom. The average molecular weight is 818 g/mol. The molecule has 0 radical (unpaired) electrons. The average Bonchev–Trinajstić information content (AvgIpc) is 3.82. The highest BCUT2D eigenvalue weighted by Crippen LogP contribution is 2.50. The number of nitrogens with zero attached hydrogens (tertiary/aromatic N) is 3. The predicted octanol–water partition coefficient (Wildman–Crippen LogP) is 15.9. The Morgan fingerprint density at radius 1 is 0.328 bits per heavy atom. The lowest BCUT2D eigenvalue weighted by atomic mass is 9.81. The van der Waals surface area contributed by atoms with Gasteiger partial charge in [0.05, 0.1) is 22.4 Å². The number of fused-ring (bicyclic) bond motifs is 6. The second-order valence-electron chi connectivity index (χ2n) is 17.4. The second kappa shape index (κ2) is 15.0. The van der Waals surface area contributed by atoms with Crippen molar-refractivity contribution in [2.45, 2.75) is 19.3 Å². The first-order valence-electron chi connectivity index (χ1n) is 22.1. The molecule has 0 aliphatic heterocycles. The standard InChI is InChI=1S/C61H43N3/c1-61(2)54-25-12-9-22-50(54)51-33-30-44(38-55(51)61)48-36-46(40-28-31-49(32-29-40)64-58-26-13-10-23-52(58)53-24-11-14-27-59(53)64)35-47(37-48)43-20-15-21-45(34-43)57-39-56(41-16-5-3-6-17-41)62-60(63-57)42-18-7-4-8-19-42/h3-39H,1-2H3. The maximum absolute atomic E-state index is 5.18. The molecule has 0 unspecified atom stereocenters. The van der Waals surface area contributed by atoms with E-state index in [9.17, 15) is 0 Å². The molecular formula is C61H43N3. The quantitative estimate of drug-likeness (QED) is 0.160. The van der Waals surface area contributed by atoms with Crippen LogP contribution in [0.4, 0.5) is 0 Å². The third-order valence-electron chi connectivity index (χ3n) is 13.2. The van der Waals surface area contributed by atoms with Crippen molar-refractivity contribution in [2.24, 2.45) is 0 Å². The number of aromatic nitrogens is 3. The number of benzene rings is 9. The van der Waals surface area contributed by atoms with Crippen LogP contribution in [0.1, 0.15) is 25.0 Å². The Morgan fingerprint density at radius 2 is 0.812 bits per heavy atom. The molecule has 2 heterocycles. The van der Waals surface area contributed by atoms with Gasteiger partial charge >= 0.3 is 0 Å². The maximum atomic E-state index is 5.18. The van der Waals surface area contributed by atoms with E-state index in [-0.39, 0.29) is 5.41 Å². The highest BCUT2D eigenvalue weighted by atomic mass is 15.0. The van der Waals surface area contributed by atoms with Gasteiger partial charge in [0.2, 0.25) is 0 Å². The van der Waals surface area contributed by atoms with Gasteiger partial charge in [-0.05, 0) is 116 Å². The van der Waals surface area contributed by atoms with Crippen LogP contribution in [0.5, 0.6) is 0 Å². The van der Waals surface area contributed by atoms with Crippen molar-refractivity contribution in [1.82, 2.24) is 14.5 Å². The summed E-state index contributed by atoms with van der Waals surface area (Å²) in [7, 11) is 0. The zero-order valence-electron chi connectivity index (χ0n) is 35.7. The van der Waals surface area contributed by atoms with E-state index < -0.39 is 0 Å². The summed E-state index contributed by atoms with van der Waals surface area (Å²) in [5.74, 6) is 0.706. The summed E-state index contributed by atoms with van der Waals surface area (Å²) in [6, 6.07) is 81.0. The monoisotopic (exact) mass is 817 g/mol. The van der Waals surface area contributed by atoms with E-state index in [1.165, 1.54) is 55.2 Å². The molecule has 0 N–H and O–H groups in total. The van der Waals surface area contributed by atoms with Gasteiger partial charge in [-0.15, -0.1) is 0 Å². The molecule has 0 amide bonds. The summed E-state index contributed by atoms with van der Waals surface area (Å²) in [6.45, 7) is 4.71. The van der Waals surface area contributed by atoms with Gasteiger partial charge in [-0.1, -0.05) is 178 Å². The predicted molar refractivity (Wildman–Crippen MR) is 267 cm³/mol. The van der Waals surface area contributed by atoms with Gasteiger partial charge in [-0.2, -0.15) is 0 Å². The molecule has 11 aromatic rings. The van der Waals surface area contributed by atoms with E-state index in [0.717, 1.165) is 56.0 Å². The fraction of sp³-hybridized carbons (Fsp3) is 0.0492. The van der Waals surface area contributed by atoms with Crippen molar-refractivity contribution >= 4 is 21.8 Å². The SMILES string of the molecule is CC1(C)c2ccccc2-c2ccc(-c3cc(-c4ccc(-n5c6ccccc6c6ccccc65)cc4)cc(-c4cccc(-c5cc(-c6ccccc6)nc(-c6ccccc6)n5)c4)c3)cc21. The normalized spacial score (nSPS) is 12.7. The Bertz CT molecular complexity index is 3450. The molecule has 3 nitrogen and oxygen atoms in total. The maximum Gasteiger partial charge on any atom is 0.160 e. The van der Waals surface area contributed by atoms with Gasteiger partial charge < -0.3 is 4.57 Å². The first-order chi connectivity index (χ1) is 31.5. The van der Waals surface area contributed by atoms with Gasteiger partial charge in [0.1, 0.15) is 0 Å². The van der Waals surface area contributed by atoms with Crippen LogP contribution in [-0.4, -0.2) is 14.5 Å². The molecule has 1 aliphatic rings. The van der Waals surface area contributed by atoms with Crippen LogP contribution in [0.3, 0.4) is 0 Å². The summed E-state index contributed by atoms with van der Waals surface area (Å²) in [5, 5.41) is 2.52. The Labute approximate surface area is 373 Å². The van der Waals surface area contributed by atoms with Crippen molar-refractivity contribution < 1.29 is 0 Å². The third-order valence-corrected chi connectivity index (χ3v) is 13.2. The zero-order chi connectivity index (χ0) is 42.8. The van der Waals surface area contributed by atoms with Crippen molar-refractivity contribution in [3.63, 3.8) is 0 Å². The molecule has 3 heteroatoms. The minimum atomic E-state index is -0.103. The van der Waals surface area contributed by atoms with E-state index >= 15 is 0 Å². The molecule has 64 heavy (non-hydrogen) atoms. The van der Waals surface area contributed by atoms with Crippen molar-refractivity contribution in [3.8, 4) is 84.1 Å². The van der Waals surface area contributed by atoms with Gasteiger partial charge in [-0.25, -0.2) is 9.97 Å². The first-order valence-corrected chi connectivity index (χ1v) is 22.1. The van der Waals surface area contributed by atoms with Crippen LogP contribution in [0, 0.1) is 0 Å². The largest absolute Gasteiger partial charge is 0.309 e. The van der Waals surface area contributed by atoms with E-state index in [0.29, 0.717) is 5.82 Å². The summed E-state index contributed by atoms with van der Waals surface area (Å²) < 4.78 is 2.38. The minimum absolute atomic E-state index is 0.103. The lowest BCUT2D eigenvalue weighted by molar-refractivity contribution is 0.660. The molecule has 0 saturated carbocycles. The van der Waals surface area contributed by atoms with Crippen molar-refractivity contribution in [2.75, 3.05) is 0 Å². The Kier molecular flexibility index (Phi) is 8.84. The van der Waals surface area contributed by atoms with E-state index in [1.54, 1.807) is 0 Å². The summed E-state index contributed by atoms with van der Waals surface area (Å²) in [5.41, 5.74) is 20.7. The highest BCUT2D eigenvalue weighted by Gasteiger charge is 2.35. The number of hydrogen-bond donors (Lipinski definition) is 0. The van der Waals surface area contributed by atoms with Crippen molar-refractivity contribution in [3.05, 3.63) is 236 Å². The van der Waals surface area contributed by atoms with Crippen LogP contribution in [-0.2, 0) is 5.41 Å². The second-order valence-corrected chi connectivity index (χ2v) is 17.4. The van der Waals surface area contributed by atoms with Crippen LogP contribution in [0.15, 0.2) is 224 Å². The van der Waals surface area contributed by atoms with Gasteiger partial charge in [0.15, 0.2) is 5.82 Å². The summed E-state index contributed by atoms with van der Waals surface area (Å²) in [4.78, 5) is 10.2. The van der Waals surface area contributed by atoms with Gasteiger partial charge in [0, 0.05) is 38.6 Å². The Balaban J connectivity index is 1.00. The highest BCUT2D eigenvalue weighted by molar-refractivity contribution is 6.09. The molecule has 1 aliphatic carbocycles. The van der Waals surface area contributed by atoms with Gasteiger partial charge in [0.25, 0.3) is 0 Å². The van der Waals surface area contributed by atoms with Crippen LogP contribution < -0.4 is 0 Å². The Hall–Kier alpha value is -8.14. The summed E-state index contributed by atoms with van der Waals surface area (Å²) in [6.07, 6.45) is 0. The molecular weight excluding hydrogens is 775 g/mol. The third kappa shape index (κ3) is 6.36.